The van der Waals surface area contributed by atoms with E-state index in [0.717, 1.165) is 5.56 Å². The molecule has 1 aliphatic heterocycles. The molecule has 0 radical (unpaired) electrons. The molecule has 3 N–H and O–H groups in total. The first-order valence-electron chi connectivity index (χ1n) is 5.43. The number of aryl methyl sites for hydroxylation is 1. The highest BCUT2D eigenvalue weighted by atomic mass is 16.6. The summed E-state index contributed by atoms with van der Waals surface area (Å²) in [6.07, 6.45) is 1.20. The van der Waals surface area contributed by atoms with Gasteiger partial charge in [0, 0.05) is 25.4 Å². The molecule has 1 fully saturated rings. The molecule has 17 heavy (non-hydrogen) atoms. The molecule has 0 saturated carbocycles. The predicted octanol–water partition coefficient (Wildman–Crippen LogP) is -0.767. The third-order valence-corrected chi connectivity index (χ3v) is 2.47. The van der Waals surface area contributed by atoms with Gasteiger partial charge in [-0.3, -0.25) is 9.48 Å². The smallest absolute Gasteiger partial charge is 0.257 e. The molecule has 0 aromatic carbocycles. The van der Waals surface area contributed by atoms with Gasteiger partial charge in [-0.05, 0) is 0 Å². The van der Waals surface area contributed by atoms with E-state index in [4.69, 9.17) is 15.2 Å². The molecular formula is C10H16N4O3. The van der Waals surface area contributed by atoms with E-state index in [2.05, 4.69) is 10.4 Å². The summed E-state index contributed by atoms with van der Waals surface area (Å²) >= 11 is 0. The summed E-state index contributed by atoms with van der Waals surface area (Å²) in [6, 6.07) is 0. The molecule has 1 amide bonds. The van der Waals surface area contributed by atoms with Crippen molar-refractivity contribution >= 4 is 11.7 Å². The average Bonchev–Trinajstić information content (AvgIpc) is 2.70. The lowest BCUT2D eigenvalue weighted by atomic mass is 10.3. The molecule has 1 aliphatic rings. The summed E-state index contributed by atoms with van der Waals surface area (Å²) in [6.45, 7) is 1.56. The Labute approximate surface area is 98.9 Å². The zero-order valence-electron chi connectivity index (χ0n) is 9.68. The minimum atomic E-state index is -0.573. The minimum absolute atomic E-state index is 0.252. The van der Waals surface area contributed by atoms with Crippen LogP contribution in [0.3, 0.4) is 0 Å². The van der Waals surface area contributed by atoms with Crippen molar-refractivity contribution < 1.29 is 14.3 Å². The highest BCUT2D eigenvalue weighted by Gasteiger charge is 2.24. The lowest BCUT2D eigenvalue weighted by molar-refractivity contribution is -0.142. The first-order valence-corrected chi connectivity index (χ1v) is 5.43. The van der Waals surface area contributed by atoms with Gasteiger partial charge in [-0.2, -0.15) is 5.10 Å². The van der Waals surface area contributed by atoms with Crippen LogP contribution in [0.2, 0.25) is 0 Å². The summed E-state index contributed by atoms with van der Waals surface area (Å²) in [5, 5.41) is 6.82. The molecule has 1 saturated heterocycles. The number of amides is 1. The largest absolute Gasteiger partial charge is 0.376 e. The van der Waals surface area contributed by atoms with Crippen molar-refractivity contribution in [2.45, 2.75) is 12.6 Å². The van der Waals surface area contributed by atoms with Gasteiger partial charge < -0.3 is 20.5 Å². The number of anilines is 1. The lowest BCUT2D eigenvalue weighted by Gasteiger charge is -2.21. The Balaban J connectivity index is 2.01. The number of rotatable bonds is 3. The van der Waals surface area contributed by atoms with Gasteiger partial charge in [0.2, 0.25) is 0 Å². The zero-order chi connectivity index (χ0) is 12.3. The number of nitrogens with one attached hydrogen (secondary N) is 1. The van der Waals surface area contributed by atoms with Crippen LogP contribution in [0.4, 0.5) is 5.82 Å². The predicted molar refractivity (Wildman–Crippen MR) is 60.3 cm³/mol. The monoisotopic (exact) mass is 240 g/mol. The Hall–Kier alpha value is -1.44. The van der Waals surface area contributed by atoms with Gasteiger partial charge in [0.05, 0.1) is 19.8 Å². The fourth-order valence-electron chi connectivity index (χ4n) is 1.63. The minimum Gasteiger partial charge on any atom is -0.376 e. The molecule has 2 rings (SSSR count). The Morgan fingerprint density at radius 3 is 3.18 bits per heavy atom. The number of nitrogens with zero attached hydrogens (tertiary/aromatic N) is 2. The summed E-state index contributed by atoms with van der Waals surface area (Å²) < 4.78 is 12.1. The molecule has 1 aromatic heterocycles. The fourth-order valence-corrected chi connectivity index (χ4v) is 1.63. The quantitative estimate of drug-likeness (QED) is 0.724. The third kappa shape index (κ3) is 2.82. The van der Waals surface area contributed by atoms with Crippen LogP contribution in [0.25, 0.3) is 0 Å². The fraction of sp³-hybridized carbons (Fsp3) is 0.600. The SMILES string of the molecule is Cn1cc(CN)c(NC(=O)C2COCCO2)n1. The molecule has 7 heteroatoms. The van der Waals surface area contributed by atoms with Crippen molar-refractivity contribution in [3.63, 3.8) is 0 Å². The highest BCUT2D eigenvalue weighted by molar-refractivity contribution is 5.94. The van der Waals surface area contributed by atoms with Crippen LogP contribution in [0.5, 0.6) is 0 Å². The zero-order valence-corrected chi connectivity index (χ0v) is 9.68. The molecule has 2 heterocycles. The van der Waals surface area contributed by atoms with Crippen LogP contribution in [0.1, 0.15) is 5.56 Å². The van der Waals surface area contributed by atoms with Gasteiger partial charge in [0.15, 0.2) is 11.9 Å². The first kappa shape index (κ1) is 12.0. The molecule has 0 spiro atoms. The van der Waals surface area contributed by atoms with Gasteiger partial charge in [0.25, 0.3) is 5.91 Å². The van der Waals surface area contributed by atoms with Crippen LogP contribution < -0.4 is 11.1 Å². The highest BCUT2D eigenvalue weighted by Crippen LogP contribution is 2.13. The van der Waals surface area contributed by atoms with Gasteiger partial charge >= 0.3 is 0 Å². The number of carbonyl (C=O) groups is 1. The second-order valence-electron chi connectivity index (χ2n) is 3.80. The van der Waals surface area contributed by atoms with Crippen LogP contribution >= 0.6 is 0 Å². The summed E-state index contributed by atoms with van der Waals surface area (Å²) in [5.74, 6) is 0.229. The molecule has 94 valence electrons. The number of hydrogen-bond acceptors (Lipinski definition) is 5. The van der Waals surface area contributed by atoms with Crippen molar-refractivity contribution in [2.75, 3.05) is 25.1 Å². The first-order chi connectivity index (χ1) is 8.20. The van der Waals surface area contributed by atoms with E-state index in [1.807, 2.05) is 0 Å². The van der Waals surface area contributed by atoms with E-state index in [1.54, 1.807) is 17.9 Å². The standard InChI is InChI=1S/C10H16N4O3/c1-14-5-7(4-11)9(13-14)12-10(15)8-6-16-2-3-17-8/h5,8H,2-4,6,11H2,1H3,(H,12,13,15). The van der Waals surface area contributed by atoms with Crippen LogP contribution in [-0.2, 0) is 27.9 Å². The molecule has 0 aliphatic carbocycles. The lowest BCUT2D eigenvalue weighted by Crippen LogP contribution is -2.39. The molecule has 7 nitrogen and oxygen atoms in total. The normalized spacial score (nSPS) is 20.2. The molecular weight excluding hydrogens is 224 g/mol. The Bertz CT molecular complexity index is 398. The van der Waals surface area contributed by atoms with Crippen molar-refractivity contribution in [1.29, 1.82) is 0 Å². The number of nitrogens with two attached hydrogens (primary N) is 1. The molecule has 0 bridgehead atoms. The van der Waals surface area contributed by atoms with E-state index in [9.17, 15) is 4.79 Å². The molecule has 1 atom stereocenters. The van der Waals surface area contributed by atoms with E-state index in [1.165, 1.54) is 0 Å². The van der Waals surface area contributed by atoms with Crippen molar-refractivity contribution in [2.24, 2.45) is 12.8 Å². The van der Waals surface area contributed by atoms with Gasteiger partial charge in [0.1, 0.15) is 0 Å². The molecule has 1 unspecified atom stereocenters. The topological polar surface area (TPSA) is 91.4 Å². The molecule has 1 aromatic rings. The summed E-state index contributed by atoms with van der Waals surface area (Å²) in [5.41, 5.74) is 6.35. The van der Waals surface area contributed by atoms with E-state index in [0.29, 0.717) is 25.6 Å². The summed E-state index contributed by atoms with van der Waals surface area (Å²) in [4.78, 5) is 11.8. The van der Waals surface area contributed by atoms with Gasteiger partial charge in [-0.15, -0.1) is 0 Å². The number of ether oxygens (including phenoxy) is 2. The maximum atomic E-state index is 11.8. The second-order valence-corrected chi connectivity index (χ2v) is 3.80. The number of aromatic nitrogens is 2. The van der Waals surface area contributed by atoms with E-state index in [-0.39, 0.29) is 12.5 Å². The number of hydrogen-bond donors (Lipinski definition) is 2. The van der Waals surface area contributed by atoms with Crippen LogP contribution in [0, 0.1) is 0 Å². The maximum Gasteiger partial charge on any atom is 0.257 e. The number of carbonyl (C=O) groups excluding carboxylic acids is 1. The van der Waals surface area contributed by atoms with Crippen molar-refractivity contribution in [3.8, 4) is 0 Å². The van der Waals surface area contributed by atoms with E-state index < -0.39 is 6.10 Å². The summed E-state index contributed by atoms with van der Waals surface area (Å²) in [7, 11) is 1.77. The Kier molecular flexibility index (Phi) is 3.72. The van der Waals surface area contributed by atoms with Crippen molar-refractivity contribution in [3.05, 3.63) is 11.8 Å². The third-order valence-electron chi connectivity index (χ3n) is 2.47. The average molecular weight is 240 g/mol. The maximum absolute atomic E-state index is 11.8. The van der Waals surface area contributed by atoms with Crippen LogP contribution in [0.15, 0.2) is 6.20 Å². The van der Waals surface area contributed by atoms with E-state index >= 15 is 0 Å². The van der Waals surface area contributed by atoms with Gasteiger partial charge in [-0.1, -0.05) is 0 Å². The second kappa shape index (κ2) is 5.26. The van der Waals surface area contributed by atoms with Crippen molar-refractivity contribution in [1.82, 2.24) is 9.78 Å². The Morgan fingerprint density at radius 2 is 2.53 bits per heavy atom. The Morgan fingerprint density at radius 1 is 1.71 bits per heavy atom. The van der Waals surface area contributed by atoms with Crippen LogP contribution in [-0.4, -0.2) is 41.6 Å². The van der Waals surface area contributed by atoms with Gasteiger partial charge in [-0.25, -0.2) is 0 Å².